The van der Waals surface area contributed by atoms with E-state index in [4.69, 9.17) is 4.74 Å². The standard InChI is InChI=1S/C14H20O/c1-4-11-15-14-9-7-13(8-10-14)12(5-2)6-3/h5,7-10H,4,6,11H2,1-3H3. The molecule has 0 N–H and O–H groups in total. The average molecular weight is 204 g/mol. The molecular formula is C14H20O. The lowest BCUT2D eigenvalue weighted by Crippen LogP contribution is -1.94. The SMILES string of the molecule is CC=C(CC)c1ccc(OCCC)cc1. The molecule has 1 aromatic carbocycles. The van der Waals surface area contributed by atoms with Crippen molar-refractivity contribution in [3.05, 3.63) is 35.9 Å². The summed E-state index contributed by atoms with van der Waals surface area (Å²) in [6.07, 6.45) is 4.30. The van der Waals surface area contributed by atoms with Gasteiger partial charge in [-0.3, -0.25) is 0 Å². The molecule has 0 saturated carbocycles. The Balaban J connectivity index is 2.71. The van der Waals surface area contributed by atoms with Gasteiger partial charge in [0.1, 0.15) is 5.75 Å². The summed E-state index contributed by atoms with van der Waals surface area (Å²) in [6, 6.07) is 8.35. The molecular weight excluding hydrogens is 184 g/mol. The Morgan fingerprint density at radius 2 is 1.87 bits per heavy atom. The Kier molecular flexibility index (Phi) is 4.96. The molecule has 1 rings (SSSR count). The summed E-state index contributed by atoms with van der Waals surface area (Å²) in [5.74, 6) is 0.965. The molecule has 0 spiro atoms. The van der Waals surface area contributed by atoms with Gasteiger partial charge in [-0.25, -0.2) is 0 Å². The molecule has 0 bridgehead atoms. The fourth-order valence-corrected chi connectivity index (χ4v) is 1.56. The predicted octanol–water partition coefficient (Wildman–Crippen LogP) is 4.29. The van der Waals surface area contributed by atoms with Crippen molar-refractivity contribution in [1.82, 2.24) is 0 Å². The maximum atomic E-state index is 5.54. The number of rotatable bonds is 5. The summed E-state index contributed by atoms with van der Waals surface area (Å²) in [7, 11) is 0. The number of benzene rings is 1. The van der Waals surface area contributed by atoms with Crippen LogP contribution in [0, 0.1) is 0 Å². The van der Waals surface area contributed by atoms with Crippen LogP contribution < -0.4 is 4.74 Å². The van der Waals surface area contributed by atoms with Gasteiger partial charge in [0.05, 0.1) is 6.61 Å². The first-order valence-corrected chi connectivity index (χ1v) is 5.70. The average Bonchev–Trinajstić information content (AvgIpc) is 2.29. The van der Waals surface area contributed by atoms with Crippen LogP contribution in [0.1, 0.15) is 39.2 Å². The summed E-state index contributed by atoms with van der Waals surface area (Å²) < 4.78 is 5.54. The Labute approximate surface area is 92.8 Å². The molecule has 0 aliphatic heterocycles. The lowest BCUT2D eigenvalue weighted by atomic mass is 10.0. The Bertz CT molecular complexity index is 309. The topological polar surface area (TPSA) is 9.23 Å². The first-order valence-electron chi connectivity index (χ1n) is 5.70. The lowest BCUT2D eigenvalue weighted by molar-refractivity contribution is 0.317. The van der Waals surface area contributed by atoms with Crippen molar-refractivity contribution in [2.45, 2.75) is 33.6 Å². The molecule has 0 heterocycles. The van der Waals surface area contributed by atoms with Crippen molar-refractivity contribution in [3.8, 4) is 5.75 Å². The quantitative estimate of drug-likeness (QED) is 0.695. The van der Waals surface area contributed by atoms with Crippen LogP contribution >= 0.6 is 0 Å². The molecule has 1 heteroatoms. The van der Waals surface area contributed by atoms with E-state index in [9.17, 15) is 0 Å². The third-order valence-corrected chi connectivity index (χ3v) is 2.43. The third kappa shape index (κ3) is 3.43. The van der Waals surface area contributed by atoms with Crippen molar-refractivity contribution < 1.29 is 4.74 Å². The molecule has 0 aromatic heterocycles. The normalized spacial score (nSPS) is 11.5. The molecule has 0 unspecified atom stereocenters. The van der Waals surface area contributed by atoms with Crippen LogP contribution in [-0.2, 0) is 0 Å². The van der Waals surface area contributed by atoms with E-state index in [1.165, 1.54) is 11.1 Å². The molecule has 0 radical (unpaired) electrons. The highest BCUT2D eigenvalue weighted by Crippen LogP contribution is 2.20. The zero-order valence-corrected chi connectivity index (χ0v) is 9.92. The maximum Gasteiger partial charge on any atom is 0.119 e. The van der Waals surface area contributed by atoms with Crippen molar-refractivity contribution in [1.29, 1.82) is 0 Å². The molecule has 0 aliphatic carbocycles. The molecule has 0 saturated heterocycles. The van der Waals surface area contributed by atoms with Gasteiger partial charge in [-0.2, -0.15) is 0 Å². The second-order valence-electron chi connectivity index (χ2n) is 3.54. The van der Waals surface area contributed by atoms with Gasteiger partial charge in [0.2, 0.25) is 0 Å². The summed E-state index contributed by atoms with van der Waals surface area (Å²) in [5.41, 5.74) is 2.68. The maximum absolute atomic E-state index is 5.54. The summed E-state index contributed by atoms with van der Waals surface area (Å²) in [6.45, 7) is 7.17. The lowest BCUT2D eigenvalue weighted by Gasteiger charge is -2.07. The number of hydrogen-bond donors (Lipinski definition) is 0. The molecule has 0 atom stereocenters. The Morgan fingerprint density at radius 3 is 2.33 bits per heavy atom. The first kappa shape index (κ1) is 11.8. The van der Waals surface area contributed by atoms with Gasteiger partial charge >= 0.3 is 0 Å². The molecule has 15 heavy (non-hydrogen) atoms. The van der Waals surface area contributed by atoms with Crippen molar-refractivity contribution in [3.63, 3.8) is 0 Å². The fourth-order valence-electron chi connectivity index (χ4n) is 1.56. The van der Waals surface area contributed by atoms with Gasteiger partial charge in [-0.15, -0.1) is 0 Å². The second-order valence-corrected chi connectivity index (χ2v) is 3.54. The van der Waals surface area contributed by atoms with Gasteiger partial charge in [0.15, 0.2) is 0 Å². The van der Waals surface area contributed by atoms with E-state index >= 15 is 0 Å². The smallest absolute Gasteiger partial charge is 0.119 e. The largest absolute Gasteiger partial charge is 0.494 e. The van der Waals surface area contributed by atoms with Gasteiger partial charge < -0.3 is 4.74 Å². The molecule has 82 valence electrons. The van der Waals surface area contributed by atoms with E-state index in [0.29, 0.717) is 0 Å². The van der Waals surface area contributed by atoms with Crippen molar-refractivity contribution >= 4 is 5.57 Å². The Hall–Kier alpha value is -1.24. The van der Waals surface area contributed by atoms with Crippen LogP contribution in [0.2, 0.25) is 0 Å². The van der Waals surface area contributed by atoms with E-state index in [0.717, 1.165) is 25.2 Å². The first-order chi connectivity index (χ1) is 7.31. The second kappa shape index (κ2) is 6.28. The molecule has 0 aliphatic rings. The van der Waals surface area contributed by atoms with E-state index in [1.54, 1.807) is 0 Å². The van der Waals surface area contributed by atoms with Crippen LogP contribution in [0.4, 0.5) is 0 Å². The summed E-state index contributed by atoms with van der Waals surface area (Å²) >= 11 is 0. The van der Waals surface area contributed by atoms with E-state index in [2.05, 4.69) is 39.0 Å². The van der Waals surface area contributed by atoms with E-state index in [-0.39, 0.29) is 0 Å². The van der Waals surface area contributed by atoms with E-state index in [1.807, 2.05) is 12.1 Å². The van der Waals surface area contributed by atoms with Crippen LogP contribution in [0.25, 0.3) is 5.57 Å². The number of ether oxygens (including phenoxy) is 1. The van der Waals surface area contributed by atoms with Crippen LogP contribution in [0.3, 0.4) is 0 Å². The predicted molar refractivity (Wildman–Crippen MR) is 66.2 cm³/mol. The fraction of sp³-hybridized carbons (Fsp3) is 0.429. The van der Waals surface area contributed by atoms with Gasteiger partial charge in [0.25, 0.3) is 0 Å². The van der Waals surface area contributed by atoms with Gasteiger partial charge in [0, 0.05) is 0 Å². The Morgan fingerprint density at radius 1 is 1.20 bits per heavy atom. The zero-order chi connectivity index (χ0) is 11.1. The minimum atomic E-state index is 0.795. The zero-order valence-electron chi connectivity index (χ0n) is 9.92. The van der Waals surface area contributed by atoms with Crippen molar-refractivity contribution in [2.24, 2.45) is 0 Å². The highest BCUT2D eigenvalue weighted by Gasteiger charge is 1.98. The third-order valence-electron chi connectivity index (χ3n) is 2.43. The van der Waals surface area contributed by atoms with Gasteiger partial charge in [-0.1, -0.05) is 32.1 Å². The van der Waals surface area contributed by atoms with Crippen molar-refractivity contribution in [2.75, 3.05) is 6.61 Å². The molecule has 1 nitrogen and oxygen atoms in total. The minimum Gasteiger partial charge on any atom is -0.494 e. The monoisotopic (exact) mass is 204 g/mol. The van der Waals surface area contributed by atoms with Crippen LogP contribution in [0.5, 0.6) is 5.75 Å². The number of allylic oxidation sites excluding steroid dienone is 2. The van der Waals surface area contributed by atoms with Crippen LogP contribution in [0.15, 0.2) is 30.3 Å². The van der Waals surface area contributed by atoms with Crippen LogP contribution in [-0.4, -0.2) is 6.61 Å². The highest BCUT2D eigenvalue weighted by atomic mass is 16.5. The summed E-state index contributed by atoms with van der Waals surface area (Å²) in [5, 5.41) is 0. The summed E-state index contributed by atoms with van der Waals surface area (Å²) in [4.78, 5) is 0. The molecule has 0 fully saturated rings. The van der Waals surface area contributed by atoms with E-state index < -0.39 is 0 Å². The minimum absolute atomic E-state index is 0.795. The molecule has 0 amide bonds. The number of hydrogen-bond acceptors (Lipinski definition) is 1. The van der Waals surface area contributed by atoms with Gasteiger partial charge in [-0.05, 0) is 43.0 Å². The molecule has 1 aromatic rings. The highest BCUT2D eigenvalue weighted by molar-refractivity contribution is 5.65.